The number of hydrogen-bond acceptors (Lipinski definition) is 4. The molecule has 0 bridgehead atoms. The quantitative estimate of drug-likeness (QED) is 0.733. The second kappa shape index (κ2) is 5.28. The standard InChI is InChI=1S/C15H12N4O3/c1-19-14(21)11(8-17-15(19)22)13(20)18-10-6-9-4-2-3-5-12(9)16-7-10/h2-8H,1H3,(H,17,22)(H,18,20). The zero-order chi connectivity index (χ0) is 15.7. The third kappa shape index (κ3) is 2.39. The Morgan fingerprint density at radius 3 is 2.86 bits per heavy atom. The summed E-state index contributed by atoms with van der Waals surface area (Å²) in [4.78, 5) is 41.9. The molecule has 7 nitrogen and oxygen atoms in total. The van der Waals surface area contributed by atoms with Crippen molar-refractivity contribution in [3.8, 4) is 0 Å². The van der Waals surface area contributed by atoms with Gasteiger partial charge in [-0.25, -0.2) is 4.79 Å². The second-order valence-corrected chi connectivity index (χ2v) is 4.74. The normalized spacial score (nSPS) is 10.6. The molecule has 3 aromatic rings. The zero-order valence-electron chi connectivity index (χ0n) is 11.7. The highest BCUT2D eigenvalue weighted by Gasteiger charge is 2.13. The van der Waals surface area contributed by atoms with Crippen molar-refractivity contribution < 1.29 is 4.79 Å². The fraction of sp³-hybridized carbons (Fsp3) is 0.0667. The Labute approximate surface area is 124 Å². The van der Waals surface area contributed by atoms with E-state index in [0.29, 0.717) is 5.69 Å². The van der Waals surface area contributed by atoms with Crippen LogP contribution in [-0.2, 0) is 7.05 Å². The first-order valence-corrected chi connectivity index (χ1v) is 6.51. The van der Waals surface area contributed by atoms with Gasteiger partial charge in [-0.2, -0.15) is 0 Å². The van der Waals surface area contributed by atoms with Gasteiger partial charge in [0.25, 0.3) is 11.5 Å². The van der Waals surface area contributed by atoms with Crippen LogP contribution in [-0.4, -0.2) is 20.4 Å². The van der Waals surface area contributed by atoms with Crippen LogP contribution in [0.5, 0.6) is 0 Å². The van der Waals surface area contributed by atoms with E-state index in [0.717, 1.165) is 21.7 Å². The molecule has 0 aliphatic rings. The molecule has 0 aliphatic carbocycles. The fourth-order valence-electron chi connectivity index (χ4n) is 2.07. The molecular weight excluding hydrogens is 284 g/mol. The molecule has 3 rings (SSSR count). The third-order valence-corrected chi connectivity index (χ3v) is 3.27. The highest BCUT2D eigenvalue weighted by molar-refractivity contribution is 6.04. The molecule has 0 spiro atoms. The predicted molar refractivity (Wildman–Crippen MR) is 82.0 cm³/mol. The van der Waals surface area contributed by atoms with Gasteiger partial charge in [-0.05, 0) is 12.1 Å². The first kappa shape index (κ1) is 13.7. The van der Waals surface area contributed by atoms with Crippen LogP contribution < -0.4 is 16.6 Å². The molecule has 0 unspecified atom stereocenters. The largest absolute Gasteiger partial charge is 0.328 e. The van der Waals surface area contributed by atoms with Crippen molar-refractivity contribution in [1.29, 1.82) is 0 Å². The molecule has 0 radical (unpaired) electrons. The van der Waals surface area contributed by atoms with E-state index in [1.807, 2.05) is 24.3 Å². The molecule has 0 saturated carbocycles. The van der Waals surface area contributed by atoms with Crippen LogP contribution in [0.25, 0.3) is 10.9 Å². The number of fused-ring (bicyclic) bond motifs is 1. The topological polar surface area (TPSA) is 96.8 Å². The van der Waals surface area contributed by atoms with Crippen molar-refractivity contribution in [2.75, 3.05) is 5.32 Å². The maximum Gasteiger partial charge on any atom is 0.328 e. The van der Waals surface area contributed by atoms with Gasteiger partial charge in [0, 0.05) is 18.6 Å². The van der Waals surface area contributed by atoms with E-state index < -0.39 is 17.2 Å². The predicted octanol–water partition coefficient (Wildman–Crippen LogP) is 0.874. The third-order valence-electron chi connectivity index (χ3n) is 3.27. The number of aromatic nitrogens is 3. The Kier molecular flexibility index (Phi) is 3.30. The molecule has 2 aromatic heterocycles. The number of amides is 1. The number of nitrogens with one attached hydrogen (secondary N) is 2. The number of anilines is 1. The molecule has 2 N–H and O–H groups in total. The smallest absolute Gasteiger partial charge is 0.320 e. The minimum Gasteiger partial charge on any atom is -0.320 e. The lowest BCUT2D eigenvalue weighted by Gasteiger charge is -2.06. The van der Waals surface area contributed by atoms with Gasteiger partial charge < -0.3 is 10.3 Å². The van der Waals surface area contributed by atoms with Gasteiger partial charge in [0.2, 0.25) is 0 Å². The summed E-state index contributed by atoms with van der Waals surface area (Å²) in [6.07, 6.45) is 2.62. The summed E-state index contributed by atoms with van der Waals surface area (Å²) in [5, 5.41) is 3.47. The van der Waals surface area contributed by atoms with Crippen LogP contribution in [0.4, 0.5) is 5.69 Å². The van der Waals surface area contributed by atoms with Crippen LogP contribution in [0, 0.1) is 0 Å². The average molecular weight is 296 g/mol. The van der Waals surface area contributed by atoms with E-state index in [4.69, 9.17) is 0 Å². The van der Waals surface area contributed by atoms with Gasteiger partial charge in [0.1, 0.15) is 5.56 Å². The number of carbonyl (C=O) groups excluding carboxylic acids is 1. The van der Waals surface area contributed by atoms with E-state index in [2.05, 4.69) is 15.3 Å². The van der Waals surface area contributed by atoms with Crippen LogP contribution in [0.2, 0.25) is 0 Å². The molecule has 22 heavy (non-hydrogen) atoms. The summed E-state index contributed by atoms with van der Waals surface area (Å²) >= 11 is 0. The fourth-order valence-corrected chi connectivity index (χ4v) is 2.07. The molecule has 0 saturated heterocycles. The minimum absolute atomic E-state index is 0.143. The molecule has 110 valence electrons. The van der Waals surface area contributed by atoms with Crippen LogP contribution in [0.15, 0.2) is 52.3 Å². The van der Waals surface area contributed by atoms with Crippen molar-refractivity contribution in [2.24, 2.45) is 7.05 Å². The number of para-hydroxylation sites is 1. The van der Waals surface area contributed by atoms with Crippen molar-refractivity contribution >= 4 is 22.5 Å². The van der Waals surface area contributed by atoms with Crippen LogP contribution in [0.3, 0.4) is 0 Å². The molecule has 1 amide bonds. The average Bonchev–Trinajstić information content (AvgIpc) is 2.52. The van der Waals surface area contributed by atoms with E-state index in [-0.39, 0.29) is 5.56 Å². The summed E-state index contributed by atoms with van der Waals surface area (Å²) in [6, 6.07) is 9.23. The van der Waals surface area contributed by atoms with Gasteiger partial charge in [-0.1, -0.05) is 18.2 Å². The van der Waals surface area contributed by atoms with Crippen molar-refractivity contribution in [2.45, 2.75) is 0 Å². The summed E-state index contributed by atoms with van der Waals surface area (Å²) in [6.45, 7) is 0. The number of rotatable bonds is 2. The highest BCUT2D eigenvalue weighted by atomic mass is 16.2. The Balaban J connectivity index is 1.95. The second-order valence-electron chi connectivity index (χ2n) is 4.74. The number of carbonyl (C=O) groups is 1. The number of benzene rings is 1. The maximum atomic E-state index is 12.2. The van der Waals surface area contributed by atoms with Crippen molar-refractivity contribution in [3.05, 3.63) is 69.1 Å². The Morgan fingerprint density at radius 2 is 2.05 bits per heavy atom. The van der Waals surface area contributed by atoms with Gasteiger partial charge in [-0.3, -0.25) is 19.1 Å². The van der Waals surface area contributed by atoms with Crippen LogP contribution >= 0.6 is 0 Å². The monoisotopic (exact) mass is 296 g/mol. The highest BCUT2D eigenvalue weighted by Crippen LogP contribution is 2.16. The summed E-state index contributed by atoms with van der Waals surface area (Å²) in [5.74, 6) is -0.603. The lowest BCUT2D eigenvalue weighted by Crippen LogP contribution is -2.37. The SMILES string of the molecule is Cn1c(=O)[nH]cc(C(=O)Nc2cnc3ccccc3c2)c1=O. The molecule has 0 atom stereocenters. The number of aromatic amines is 1. The lowest BCUT2D eigenvalue weighted by atomic mass is 10.2. The number of nitrogens with zero attached hydrogens (tertiary/aromatic N) is 2. The van der Waals surface area contributed by atoms with Gasteiger partial charge in [0.05, 0.1) is 17.4 Å². The summed E-state index contributed by atoms with van der Waals surface area (Å²) in [7, 11) is 1.30. The molecule has 2 heterocycles. The minimum atomic E-state index is -0.657. The Hall–Kier alpha value is -3.22. The molecule has 1 aromatic carbocycles. The summed E-state index contributed by atoms with van der Waals surface area (Å²) < 4.78 is 0.841. The van der Waals surface area contributed by atoms with Crippen molar-refractivity contribution in [3.63, 3.8) is 0 Å². The van der Waals surface area contributed by atoms with E-state index >= 15 is 0 Å². The first-order chi connectivity index (χ1) is 10.6. The van der Waals surface area contributed by atoms with Crippen molar-refractivity contribution in [1.82, 2.24) is 14.5 Å². The Bertz CT molecular complexity index is 988. The zero-order valence-corrected chi connectivity index (χ0v) is 11.7. The maximum absolute atomic E-state index is 12.2. The molecule has 7 heteroatoms. The number of pyridine rings is 1. The van der Waals surface area contributed by atoms with E-state index in [1.165, 1.54) is 13.2 Å². The van der Waals surface area contributed by atoms with E-state index in [1.54, 1.807) is 6.07 Å². The van der Waals surface area contributed by atoms with E-state index in [9.17, 15) is 14.4 Å². The van der Waals surface area contributed by atoms with Gasteiger partial charge >= 0.3 is 5.69 Å². The molecule has 0 fully saturated rings. The lowest BCUT2D eigenvalue weighted by molar-refractivity contribution is 0.102. The Morgan fingerprint density at radius 1 is 1.27 bits per heavy atom. The number of H-pyrrole nitrogens is 1. The first-order valence-electron chi connectivity index (χ1n) is 6.51. The molecular formula is C15H12N4O3. The van der Waals surface area contributed by atoms with Crippen LogP contribution in [0.1, 0.15) is 10.4 Å². The van der Waals surface area contributed by atoms with Gasteiger partial charge in [-0.15, -0.1) is 0 Å². The number of hydrogen-bond donors (Lipinski definition) is 2. The van der Waals surface area contributed by atoms with Gasteiger partial charge in [0.15, 0.2) is 0 Å². The summed E-state index contributed by atoms with van der Waals surface area (Å²) in [5.41, 5.74) is -0.100. The molecule has 0 aliphatic heterocycles.